The molecule has 0 unspecified atom stereocenters. The van der Waals surface area contributed by atoms with Crippen LogP contribution in [0.15, 0.2) is 58.3 Å². The maximum Gasteiger partial charge on any atom is 0.231 e. The number of fused-ring (bicyclic) bond motifs is 1. The first-order valence-electron chi connectivity index (χ1n) is 10.2. The van der Waals surface area contributed by atoms with Gasteiger partial charge in [-0.05, 0) is 17.7 Å². The number of hydrogen-bond acceptors (Lipinski definition) is 8. The van der Waals surface area contributed by atoms with Gasteiger partial charge in [-0.25, -0.2) is 4.98 Å². The lowest BCUT2D eigenvalue weighted by Gasteiger charge is -2.02. The molecule has 32 heavy (non-hydrogen) atoms. The molecule has 0 bridgehead atoms. The van der Waals surface area contributed by atoms with Gasteiger partial charge < -0.3 is 19.2 Å². The second kappa shape index (κ2) is 9.19. The second-order valence-corrected chi connectivity index (χ2v) is 8.10. The van der Waals surface area contributed by atoms with Crippen molar-refractivity contribution in [2.45, 2.75) is 25.8 Å². The standard InChI is InChI=1S/C23H20N4O4S/c28-20(24-12-17-13-32-23(25-17)16-4-2-1-3-5-16)8-9-21-26-27-22(31-21)11-15-6-7-18-19(10-15)30-14-29-18/h1-7,10,13H,8-9,11-12,14H2,(H,24,28). The van der Waals surface area contributed by atoms with Crippen LogP contribution in [0.4, 0.5) is 0 Å². The summed E-state index contributed by atoms with van der Waals surface area (Å²) in [6, 6.07) is 15.7. The van der Waals surface area contributed by atoms with Crippen molar-refractivity contribution in [3.63, 3.8) is 0 Å². The molecule has 0 atom stereocenters. The first-order valence-corrected chi connectivity index (χ1v) is 11.1. The third kappa shape index (κ3) is 4.78. The van der Waals surface area contributed by atoms with Gasteiger partial charge in [0.1, 0.15) is 5.01 Å². The minimum absolute atomic E-state index is 0.0882. The van der Waals surface area contributed by atoms with Crippen LogP contribution in [0.3, 0.4) is 0 Å². The number of rotatable bonds is 8. The number of nitrogens with zero attached hydrogens (tertiary/aromatic N) is 3. The van der Waals surface area contributed by atoms with E-state index < -0.39 is 0 Å². The molecule has 1 N–H and O–H groups in total. The monoisotopic (exact) mass is 448 g/mol. The lowest BCUT2D eigenvalue weighted by Crippen LogP contribution is -2.23. The lowest BCUT2D eigenvalue weighted by atomic mass is 10.1. The Labute approximate surface area is 188 Å². The average molecular weight is 449 g/mol. The van der Waals surface area contributed by atoms with Gasteiger partial charge in [0, 0.05) is 23.8 Å². The number of nitrogens with one attached hydrogen (secondary N) is 1. The topological polar surface area (TPSA) is 99.4 Å². The van der Waals surface area contributed by atoms with Gasteiger partial charge in [0.05, 0.1) is 18.7 Å². The number of ether oxygens (including phenoxy) is 2. The molecule has 0 spiro atoms. The Hall–Kier alpha value is -3.72. The molecule has 0 fully saturated rings. The number of thiazole rings is 1. The Bertz CT molecular complexity index is 1220. The molecule has 162 valence electrons. The van der Waals surface area contributed by atoms with E-state index in [1.165, 1.54) is 0 Å². The molecule has 5 rings (SSSR count). The zero-order chi connectivity index (χ0) is 21.8. The van der Waals surface area contributed by atoms with Crippen LogP contribution in [-0.2, 0) is 24.2 Å². The maximum absolute atomic E-state index is 12.2. The van der Waals surface area contributed by atoms with Crippen molar-refractivity contribution in [3.05, 3.63) is 76.9 Å². The second-order valence-electron chi connectivity index (χ2n) is 7.24. The molecule has 1 amide bonds. The molecule has 1 aliphatic rings. The van der Waals surface area contributed by atoms with E-state index in [1.54, 1.807) is 11.3 Å². The normalized spacial score (nSPS) is 12.1. The van der Waals surface area contributed by atoms with E-state index in [0.717, 1.165) is 33.3 Å². The predicted octanol–water partition coefficient (Wildman–Crippen LogP) is 3.76. The molecule has 2 aromatic heterocycles. The Morgan fingerprint density at radius 3 is 2.78 bits per heavy atom. The third-order valence-corrected chi connectivity index (χ3v) is 5.85. The average Bonchev–Trinajstić information content (AvgIpc) is 3.57. The summed E-state index contributed by atoms with van der Waals surface area (Å²) in [5.41, 5.74) is 2.90. The molecule has 0 saturated carbocycles. The molecule has 4 aromatic rings. The Balaban J connectivity index is 1.09. The van der Waals surface area contributed by atoms with E-state index in [1.807, 2.05) is 53.9 Å². The molecule has 3 heterocycles. The van der Waals surface area contributed by atoms with E-state index in [2.05, 4.69) is 20.5 Å². The molecular weight excluding hydrogens is 428 g/mol. The highest BCUT2D eigenvalue weighted by molar-refractivity contribution is 7.13. The highest BCUT2D eigenvalue weighted by Crippen LogP contribution is 2.33. The number of hydrogen-bond donors (Lipinski definition) is 1. The molecule has 8 nitrogen and oxygen atoms in total. The van der Waals surface area contributed by atoms with Crippen molar-refractivity contribution < 1.29 is 18.7 Å². The van der Waals surface area contributed by atoms with Crippen LogP contribution >= 0.6 is 11.3 Å². The van der Waals surface area contributed by atoms with Gasteiger partial charge >= 0.3 is 0 Å². The van der Waals surface area contributed by atoms with Crippen LogP contribution in [0, 0.1) is 0 Å². The van der Waals surface area contributed by atoms with Crippen LogP contribution in [-0.4, -0.2) is 27.9 Å². The molecule has 0 saturated heterocycles. The molecule has 0 radical (unpaired) electrons. The van der Waals surface area contributed by atoms with Gasteiger partial charge in [-0.1, -0.05) is 36.4 Å². The summed E-state index contributed by atoms with van der Waals surface area (Å²) in [5, 5.41) is 13.9. The largest absolute Gasteiger partial charge is 0.454 e. The molecule has 0 aliphatic carbocycles. The maximum atomic E-state index is 12.2. The molecule has 9 heteroatoms. The van der Waals surface area contributed by atoms with Gasteiger partial charge in [-0.3, -0.25) is 4.79 Å². The fraction of sp³-hybridized carbons (Fsp3) is 0.217. The lowest BCUT2D eigenvalue weighted by molar-refractivity contribution is -0.121. The third-order valence-electron chi connectivity index (χ3n) is 4.91. The number of carbonyl (C=O) groups excluding carboxylic acids is 1. The SMILES string of the molecule is O=C(CCc1nnc(Cc2ccc3c(c2)OCO3)o1)NCc1csc(-c2ccccc2)n1. The van der Waals surface area contributed by atoms with Gasteiger partial charge in [0.2, 0.25) is 24.5 Å². The quantitative estimate of drug-likeness (QED) is 0.438. The fourth-order valence-electron chi connectivity index (χ4n) is 3.29. The first-order chi connectivity index (χ1) is 15.7. The van der Waals surface area contributed by atoms with Gasteiger partial charge in [-0.15, -0.1) is 21.5 Å². The van der Waals surface area contributed by atoms with Crippen molar-refractivity contribution in [1.82, 2.24) is 20.5 Å². The summed E-state index contributed by atoms with van der Waals surface area (Å²) < 4.78 is 16.4. The van der Waals surface area contributed by atoms with E-state index >= 15 is 0 Å². The number of benzene rings is 2. The highest BCUT2D eigenvalue weighted by Gasteiger charge is 2.15. The van der Waals surface area contributed by atoms with Crippen molar-refractivity contribution in [3.8, 4) is 22.1 Å². The van der Waals surface area contributed by atoms with Crippen LogP contribution < -0.4 is 14.8 Å². The van der Waals surface area contributed by atoms with Crippen LogP contribution in [0.5, 0.6) is 11.5 Å². The minimum Gasteiger partial charge on any atom is -0.454 e. The molecule has 1 aliphatic heterocycles. The fourth-order valence-corrected chi connectivity index (χ4v) is 4.11. The number of amides is 1. The summed E-state index contributed by atoms with van der Waals surface area (Å²) in [6.07, 6.45) is 1.14. The van der Waals surface area contributed by atoms with E-state index in [4.69, 9.17) is 13.9 Å². The summed E-state index contributed by atoms with van der Waals surface area (Å²) in [5.74, 6) is 2.30. The Morgan fingerprint density at radius 2 is 1.88 bits per heavy atom. The Kier molecular flexibility index (Phi) is 5.80. The Morgan fingerprint density at radius 1 is 1.03 bits per heavy atom. The number of aryl methyl sites for hydroxylation is 1. The number of carbonyl (C=O) groups is 1. The van der Waals surface area contributed by atoms with Gasteiger partial charge in [0.15, 0.2) is 11.5 Å². The van der Waals surface area contributed by atoms with Crippen molar-refractivity contribution in [2.75, 3.05) is 6.79 Å². The summed E-state index contributed by atoms with van der Waals surface area (Å²) in [4.78, 5) is 16.8. The van der Waals surface area contributed by atoms with E-state index in [0.29, 0.717) is 31.2 Å². The summed E-state index contributed by atoms with van der Waals surface area (Å²) in [7, 11) is 0. The molecule has 2 aromatic carbocycles. The predicted molar refractivity (Wildman–Crippen MR) is 117 cm³/mol. The van der Waals surface area contributed by atoms with E-state index in [-0.39, 0.29) is 19.1 Å². The zero-order valence-electron chi connectivity index (χ0n) is 17.1. The van der Waals surface area contributed by atoms with Crippen LogP contribution in [0.1, 0.15) is 29.5 Å². The minimum atomic E-state index is -0.0882. The van der Waals surface area contributed by atoms with E-state index in [9.17, 15) is 4.79 Å². The first kappa shape index (κ1) is 20.2. The van der Waals surface area contributed by atoms with Crippen molar-refractivity contribution in [1.29, 1.82) is 0 Å². The van der Waals surface area contributed by atoms with Crippen molar-refractivity contribution in [2.24, 2.45) is 0 Å². The van der Waals surface area contributed by atoms with Gasteiger partial charge in [0.25, 0.3) is 0 Å². The highest BCUT2D eigenvalue weighted by atomic mass is 32.1. The van der Waals surface area contributed by atoms with Gasteiger partial charge in [-0.2, -0.15) is 0 Å². The summed E-state index contributed by atoms with van der Waals surface area (Å²) >= 11 is 1.56. The smallest absolute Gasteiger partial charge is 0.231 e. The zero-order valence-corrected chi connectivity index (χ0v) is 17.9. The van der Waals surface area contributed by atoms with Crippen LogP contribution in [0.25, 0.3) is 10.6 Å². The number of aromatic nitrogens is 3. The molecular formula is C23H20N4O4S. The summed E-state index contributed by atoms with van der Waals surface area (Å²) in [6.45, 7) is 0.629. The van der Waals surface area contributed by atoms with Crippen molar-refractivity contribution >= 4 is 17.2 Å². The van der Waals surface area contributed by atoms with Crippen LogP contribution in [0.2, 0.25) is 0 Å².